The molecule has 1 aliphatic heterocycles. The highest BCUT2D eigenvalue weighted by molar-refractivity contribution is 5.94. The van der Waals surface area contributed by atoms with E-state index in [2.05, 4.69) is 0 Å². The van der Waals surface area contributed by atoms with Crippen LogP contribution in [0, 0.1) is 5.92 Å². The lowest BCUT2D eigenvalue weighted by atomic mass is 10.0. The number of nitrogens with zero attached hydrogens (tertiary/aromatic N) is 1. The average Bonchev–Trinajstić information content (AvgIpc) is 3.02. The minimum Gasteiger partial charge on any atom is -0.439 e. The first-order valence-electron chi connectivity index (χ1n) is 9.78. The van der Waals surface area contributed by atoms with Gasteiger partial charge >= 0.3 is 6.09 Å². The molecule has 1 saturated heterocycles. The van der Waals surface area contributed by atoms with Crippen molar-refractivity contribution in [2.75, 3.05) is 6.61 Å². The zero-order chi connectivity index (χ0) is 19.9. The molecule has 5 nitrogen and oxygen atoms in total. The van der Waals surface area contributed by atoms with Gasteiger partial charge in [0.25, 0.3) is 0 Å². The largest absolute Gasteiger partial charge is 0.439 e. The van der Waals surface area contributed by atoms with E-state index in [1.807, 2.05) is 74.5 Å². The SMILES string of the molecule is C[C@H](CCCOCc1ccccc1)C(=O)N1C(=O)O[C@@H](c2ccccc2)[C@H]1C. The van der Waals surface area contributed by atoms with Gasteiger partial charge in [0.2, 0.25) is 5.91 Å². The van der Waals surface area contributed by atoms with Gasteiger partial charge < -0.3 is 9.47 Å². The van der Waals surface area contributed by atoms with Crippen molar-refractivity contribution in [3.63, 3.8) is 0 Å². The molecule has 1 aliphatic rings. The second-order valence-electron chi connectivity index (χ2n) is 7.25. The highest BCUT2D eigenvalue weighted by atomic mass is 16.6. The summed E-state index contributed by atoms with van der Waals surface area (Å²) in [7, 11) is 0. The molecule has 0 bridgehead atoms. The van der Waals surface area contributed by atoms with Gasteiger partial charge in [0.15, 0.2) is 0 Å². The van der Waals surface area contributed by atoms with Crippen LogP contribution in [0.2, 0.25) is 0 Å². The lowest BCUT2D eigenvalue weighted by Gasteiger charge is -2.22. The summed E-state index contributed by atoms with van der Waals surface area (Å²) in [5.41, 5.74) is 2.04. The molecule has 0 radical (unpaired) electrons. The quantitative estimate of drug-likeness (QED) is 0.621. The summed E-state index contributed by atoms with van der Waals surface area (Å²) in [4.78, 5) is 26.4. The van der Waals surface area contributed by atoms with Crippen molar-refractivity contribution in [1.29, 1.82) is 0 Å². The molecular formula is C23H27NO4. The molecule has 0 unspecified atom stereocenters. The summed E-state index contributed by atoms with van der Waals surface area (Å²) in [5, 5.41) is 0. The first kappa shape index (κ1) is 20.1. The van der Waals surface area contributed by atoms with Gasteiger partial charge in [-0.15, -0.1) is 0 Å². The van der Waals surface area contributed by atoms with E-state index in [0.717, 1.165) is 17.5 Å². The normalized spacial score (nSPS) is 20.1. The molecule has 0 saturated carbocycles. The Kier molecular flexibility index (Phi) is 6.82. The molecule has 1 heterocycles. The van der Waals surface area contributed by atoms with Crippen molar-refractivity contribution < 1.29 is 19.1 Å². The van der Waals surface area contributed by atoms with Crippen LogP contribution in [0.1, 0.15) is 43.9 Å². The third-order valence-corrected chi connectivity index (χ3v) is 5.09. The van der Waals surface area contributed by atoms with Crippen molar-refractivity contribution in [2.24, 2.45) is 5.92 Å². The van der Waals surface area contributed by atoms with Gasteiger partial charge in [-0.1, -0.05) is 67.6 Å². The molecule has 3 rings (SSSR count). The van der Waals surface area contributed by atoms with E-state index in [-0.39, 0.29) is 17.9 Å². The van der Waals surface area contributed by atoms with E-state index in [1.165, 1.54) is 4.90 Å². The summed E-state index contributed by atoms with van der Waals surface area (Å²) in [5.74, 6) is -0.441. The Balaban J connectivity index is 1.47. The second kappa shape index (κ2) is 9.51. The van der Waals surface area contributed by atoms with Crippen molar-refractivity contribution in [3.05, 3.63) is 71.8 Å². The molecule has 3 atom stereocenters. The van der Waals surface area contributed by atoms with Crippen LogP contribution in [0.4, 0.5) is 4.79 Å². The molecule has 148 valence electrons. The number of hydrogen-bond acceptors (Lipinski definition) is 4. The summed E-state index contributed by atoms with van der Waals surface area (Å²) < 4.78 is 11.2. The number of benzene rings is 2. The number of cyclic esters (lactones) is 1. The minimum atomic E-state index is -0.557. The minimum absolute atomic E-state index is 0.181. The predicted octanol–water partition coefficient (Wildman–Crippen LogP) is 4.73. The Morgan fingerprint density at radius 3 is 2.43 bits per heavy atom. The van der Waals surface area contributed by atoms with Gasteiger partial charge in [0.05, 0.1) is 12.6 Å². The summed E-state index contributed by atoms with van der Waals surface area (Å²) in [6.45, 7) is 4.86. The molecule has 0 N–H and O–H groups in total. The van der Waals surface area contributed by atoms with Gasteiger partial charge in [0.1, 0.15) is 6.10 Å². The summed E-state index contributed by atoms with van der Waals surface area (Å²) >= 11 is 0. The zero-order valence-electron chi connectivity index (χ0n) is 16.4. The summed E-state index contributed by atoms with van der Waals surface area (Å²) in [6, 6.07) is 19.2. The molecule has 28 heavy (non-hydrogen) atoms. The Bertz CT molecular complexity index is 778. The number of rotatable bonds is 8. The third-order valence-electron chi connectivity index (χ3n) is 5.09. The van der Waals surface area contributed by atoms with E-state index in [4.69, 9.17) is 9.47 Å². The molecular weight excluding hydrogens is 354 g/mol. The van der Waals surface area contributed by atoms with Crippen LogP contribution < -0.4 is 0 Å². The summed E-state index contributed by atoms with van der Waals surface area (Å²) in [6.07, 6.45) is 0.455. The molecule has 0 aromatic heterocycles. The maximum Gasteiger partial charge on any atom is 0.417 e. The molecule has 2 aromatic carbocycles. The maximum atomic E-state index is 12.8. The highest BCUT2D eigenvalue weighted by Crippen LogP contribution is 2.33. The fraction of sp³-hybridized carbons (Fsp3) is 0.391. The Morgan fingerprint density at radius 1 is 1.11 bits per heavy atom. The van der Waals surface area contributed by atoms with Gasteiger partial charge in [0, 0.05) is 12.5 Å². The Hall–Kier alpha value is -2.66. The maximum absolute atomic E-state index is 12.8. The molecule has 1 fully saturated rings. The molecule has 2 aromatic rings. The van der Waals surface area contributed by atoms with E-state index in [0.29, 0.717) is 19.6 Å². The van der Waals surface area contributed by atoms with Crippen molar-refractivity contribution >= 4 is 12.0 Å². The predicted molar refractivity (Wildman–Crippen MR) is 106 cm³/mol. The van der Waals surface area contributed by atoms with E-state index < -0.39 is 12.2 Å². The van der Waals surface area contributed by atoms with Gasteiger partial charge in [-0.3, -0.25) is 4.79 Å². The molecule has 2 amide bonds. The first-order valence-corrected chi connectivity index (χ1v) is 9.78. The highest BCUT2D eigenvalue weighted by Gasteiger charge is 2.44. The fourth-order valence-electron chi connectivity index (χ4n) is 3.46. The topological polar surface area (TPSA) is 55.8 Å². The molecule has 5 heteroatoms. The van der Waals surface area contributed by atoms with E-state index in [9.17, 15) is 9.59 Å². The number of imide groups is 1. The Labute approximate surface area is 166 Å². The lowest BCUT2D eigenvalue weighted by Crippen LogP contribution is -2.41. The Morgan fingerprint density at radius 2 is 1.75 bits per heavy atom. The third kappa shape index (κ3) is 4.78. The van der Waals surface area contributed by atoms with E-state index in [1.54, 1.807) is 0 Å². The first-order chi connectivity index (χ1) is 13.6. The fourth-order valence-corrected chi connectivity index (χ4v) is 3.46. The number of amides is 2. The van der Waals surface area contributed by atoms with Crippen molar-refractivity contribution in [3.8, 4) is 0 Å². The van der Waals surface area contributed by atoms with Crippen LogP contribution in [0.15, 0.2) is 60.7 Å². The van der Waals surface area contributed by atoms with Crippen LogP contribution in [0.3, 0.4) is 0 Å². The second-order valence-corrected chi connectivity index (χ2v) is 7.25. The van der Waals surface area contributed by atoms with Crippen LogP contribution in [0.25, 0.3) is 0 Å². The number of carbonyl (C=O) groups excluding carboxylic acids is 2. The molecule has 0 aliphatic carbocycles. The van der Waals surface area contributed by atoms with Crippen LogP contribution in [-0.2, 0) is 20.9 Å². The van der Waals surface area contributed by atoms with Gasteiger partial charge in [-0.05, 0) is 30.9 Å². The lowest BCUT2D eigenvalue weighted by molar-refractivity contribution is -0.133. The van der Waals surface area contributed by atoms with Crippen molar-refractivity contribution in [2.45, 2.75) is 45.4 Å². The van der Waals surface area contributed by atoms with Crippen LogP contribution in [-0.4, -0.2) is 29.5 Å². The van der Waals surface area contributed by atoms with Gasteiger partial charge in [-0.25, -0.2) is 9.69 Å². The number of carbonyl (C=O) groups is 2. The van der Waals surface area contributed by atoms with Gasteiger partial charge in [-0.2, -0.15) is 0 Å². The van der Waals surface area contributed by atoms with Crippen LogP contribution >= 0.6 is 0 Å². The van der Waals surface area contributed by atoms with Crippen molar-refractivity contribution in [1.82, 2.24) is 4.90 Å². The number of ether oxygens (including phenoxy) is 2. The number of hydrogen-bond donors (Lipinski definition) is 0. The standard InChI is InChI=1S/C23H27NO4/c1-17(10-9-15-27-16-19-11-5-3-6-12-19)22(25)24-18(2)21(28-23(24)26)20-13-7-4-8-14-20/h3-8,11-14,17-18,21H,9-10,15-16H2,1-2H3/t17-,18-,21-/m1/s1. The van der Waals surface area contributed by atoms with Crippen LogP contribution in [0.5, 0.6) is 0 Å². The smallest absolute Gasteiger partial charge is 0.417 e. The zero-order valence-corrected chi connectivity index (χ0v) is 16.4. The monoisotopic (exact) mass is 381 g/mol. The molecule has 0 spiro atoms. The van der Waals surface area contributed by atoms with E-state index >= 15 is 0 Å². The average molecular weight is 381 g/mol.